The highest BCUT2D eigenvalue weighted by atomic mass is 16.2. The van der Waals surface area contributed by atoms with Crippen molar-refractivity contribution in [2.45, 2.75) is 44.2 Å². The molecular formula is C24H25N3O3. The first-order valence-corrected chi connectivity index (χ1v) is 10.7. The molecule has 1 saturated heterocycles. The van der Waals surface area contributed by atoms with Gasteiger partial charge in [0.05, 0.1) is 17.3 Å². The first-order valence-electron chi connectivity index (χ1n) is 10.7. The van der Waals surface area contributed by atoms with Gasteiger partial charge in [0.1, 0.15) is 6.04 Å². The van der Waals surface area contributed by atoms with E-state index in [-0.39, 0.29) is 29.7 Å². The summed E-state index contributed by atoms with van der Waals surface area (Å²) in [5, 5.41) is 5.99. The molecule has 0 radical (unpaired) electrons. The molecule has 30 heavy (non-hydrogen) atoms. The molecule has 3 amide bonds. The van der Waals surface area contributed by atoms with Crippen LogP contribution in [0.3, 0.4) is 0 Å². The molecule has 0 aromatic heterocycles. The zero-order valence-corrected chi connectivity index (χ0v) is 16.8. The lowest BCUT2D eigenvalue weighted by Crippen LogP contribution is -2.52. The summed E-state index contributed by atoms with van der Waals surface area (Å²) in [6, 6.07) is 14.4. The van der Waals surface area contributed by atoms with Gasteiger partial charge in [0.25, 0.3) is 5.91 Å². The van der Waals surface area contributed by atoms with Gasteiger partial charge >= 0.3 is 0 Å². The minimum absolute atomic E-state index is 0.0210. The number of amides is 3. The highest BCUT2D eigenvalue weighted by Crippen LogP contribution is 2.33. The Hall–Kier alpha value is -3.15. The van der Waals surface area contributed by atoms with Crippen LogP contribution in [-0.4, -0.2) is 41.2 Å². The maximum atomic E-state index is 13.4. The molecule has 6 heteroatoms. The van der Waals surface area contributed by atoms with Crippen LogP contribution in [0.25, 0.3) is 11.1 Å². The van der Waals surface area contributed by atoms with Crippen LogP contribution >= 0.6 is 0 Å². The Labute approximate surface area is 175 Å². The maximum absolute atomic E-state index is 13.4. The standard InChI is InChI=1S/C24H25N3O3/c28-22(16-8-4-5-9-16)26-20-12-13-27-21(20)23(29)25-19-11-10-17(14-18(19)24(27)30)15-6-2-1-3-7-15/h1-3,6-7,10-11,14,16,20-21H,4-5,8-9,12-13H2,(H,25,29)(H,26,28)/t20-,21-/m0/s1. The summed E-state index contributed by atoms with van der Waals surface area (Å²) in [6.45, 7) is 0.460. The van der Waals surface area contributed by atoms with E-state index in [0.29, 0.717) is 24.2 Å². The molecule has 154 valence electrons. The van der Waals surface area contributed by atoms with Crippen molar-refractivity contribution in [2.75, 3.05) is 11.9 Å². The molecule has 2 fully saturated rings. The minimum Gasteiger partial charge on any atom is -0.350 e. The second-order valence-corrected chi connectivity index (χ2v) is 8.44. The second kappa shape index (κ2) is 7.59. The Balaban J connectivity index is 1.41. The number of hydrogen-bond donors (Lipinski definition) is 2. The third-order valence-electron chi connectivity index (χ3n) is 6.60. The van der Waals surface area contributed by atoms with Gasteiger partial charge < -0.3 is 15.5 Å². The number of hydrogen-bond acceptors (Lipinski definition) is 3. The van der Waals surface area contributed by atoms with Gasteiger partial charge in [-0.2, -0.15) is 0 Å². The van der Waals surface area contributed by atoms with Gasteiger partial charge in [0.2, 0.25) is 11.8 Å². The average molecular weight is 403 g/mol. The highest BCUT2D eigenvalue weighted by Gasteiger charge is 2.45. The summed E-state index contributed by atoms with van der Waals surface area (Å²) in [6.07, 6.45) is 4.57. The van der Waals surface area contributed by atoms with Gasteiger partial charge in [-0.25, -0.2) is 0 Å². The Kier molecular flexibility index (Phi) is 4.77. The van der Waals surface area contributed by atoms with Crippen LogP contribution in [0.4, 0.5) is 5.69 Å². The molecule has 0 unspecified atom stereocenters. The van der Waals surface area contributed by atoms with Gasteiger partial charge in [-0.3, -0.25) is 14.4 Å². The van der Waals surface area contributed by atoms with Crippen molar-refractivity contribution in [3.05, 3.63) is 54.1 Å². The molecule has 2 aliphatic heterocycles. The Morgan fingerprint density at radius 2 is 1.73 bits per heavy atom. The molecule has 1 saturated carbocycles. The monoisotopic (exact) mass is 403 g/mol. The summed E-state index contributed by atoms with van der Waals surface area (Å²) in [5.41, 5.74) is 2.97. The van der Waals surface area contributed by atoms with Crippen LogP contribution in [0.1, 0.15) is 42.5 Å². The molecular weight excluding hydrogens is 378 g/mol. The fourth-order valence-electron chi connectivity index (χ4n) is 4.99. The lowest BCUT2D eigenvalue weighted by atomic mass is 10.0. The number of fused-ring (bicyclic) bond motifs is 2. The lowest BCUT2D eigenvalue weighted by molar-refractivity contribution is -0.126. The zero-order valence-electron chi connectivity index (χ0n) is 16.8. The first kappa shape index (κ1) is 18.9. The summed E-state index contributed by atoms with van der Waals surface area (Å²) in [7, 11) is 0. The predicted molar refractivity (Wildman–Crippen MR) is 114 cm³/mol. The molecule has 2 aromatic rings. The molecule has 5 rings (SSSR count). The number of anilines is 1. The van der Waals surface area contributed by atoms with Gasteiger partial charge in [-0.05, 0) is 42.5 Å². The van der Waals surface area contributed by atoms with Gasteiger partial charge in [-0.1, -0.05) is 49.2 Å². The van der Waals surface area contributed by atoms with Crippen molar-refractivity contribution in [1.82, 2.24) is 10.2 Å². The molecule has 2 heterocycles. The quantitative estimate of drug-likeness (QED) is 0.826. The lowest BCUT2D eigenvalue weighted by Gasteiger charge is -2.25. The predicted octanol–water partition coefficient (Wildman–Crippen LogP) is 3.20. The largest absolute Gasteiger partial charge is 0.350 e. The fourth-order valence-corrected chi connectivity index (χ4v) is 4.99. The molecule has 3 aliphatic rings. The summed E-state index contributed by atoms with van der Waals surface area (Å²) < 4.78 is 0. The van der Waals surface area contributed by atoms with Crippen molar-refractivity contribution in [3.8, 4) is 11.1 Å². The van der Waals surface area contributed by atoms with E-state index in [9.17, 15) is 14.4 Å². The Morgan fingerprint density at radius 1 is 0.967 bits per heavy atom. The van der Waals surface area contributed by atoms with Crippen LogP contribution in [0, 0.1) is 5.92 Å². The van der Waals surface area contributed by atoms with E-state index < -0.39 is 6.04 Å². The minimum atomic E-state index is -0.671. The highest BCUT2D eigenvalue weighted by molar-refractivity contribution is 6.11. The molecule has 6 nitrogen and oxygen atoms in total. The summed E-state index contributed by atoms with van der Waals surface area (Å²) >= 11 is 0. The number of benzene rings is 2. The number of nitrogens with zero attached hydrogens (tertiary/aromatic N) is 1. The topological polar surface area (TPSA) is 78.5 Å². The van der Waals surface area contributed by atoms with E-state index in [1.165, 1.54) is 0 Å². The number of carbonyl (C=O) groups excluding carboxylic acids is 3. The summed E-state index contributed by atoms with van der Waals surface area (Å²) in [4.78, 5) is 40.6. The zero-order chi connectivity index (χ0) is 20.7. The van der Waals surface area contributed by atoms with Crippen molar-refractivity contribution in [3.63, 3.8) is 0 Å². The summed E-state index contributed by atoms with van der Waals surface area (Å²) in [5.74, 6) is -0.338. The van der Waals surface area contributed by atoms with E-state index in [0.717, 1.165) is 36.8 Å². The van der Waals surface area contributed by atoms with Crippen LogP contribution in [0.2, 0.25) is 0 Å². The van der Waals surface area contributed by atoms with Gasteiger partial charge in [0.15, 0.2) is 0 Å². The van der Waals surface area contributed by atoms with E-state index in [4.69, 9.17) is 0 Å². The van der Waals surface area contributed by atoms with Crippen LogP contribution < -0.4 is 10.6 Å². The molecule has 0 bridgehead atoms. The molecule has 2 aromatic carbocycles. The number of nitrogens with one attached hydrogen (secondary N) is 2. The first-order chi connectivity index (χ1) is 14.6. The fraction of sp³-hybridized carbons (Fsp3) is 0.375. The maximum Gasteiger partial charge on any atom is 0.256 e. The van der Waals surface area contributed by atoms with Crippen molar-refractivity contribution in [1.29, 1.82) is 0 Å². The number of carbonyl (C=O) groups is 3. The second-order valence-electron chi connectivity index (χ2n) is 8.44. The van der Waals surface area contributed by atoms with Crippen molar-refractivity contribution < 1.29 is 14.4 Å². The SMILES string of the molecule is O=C(N[C@H]1CCN2C(=O)c3cc(-c4ccccc4)ccc3NC(=O)[C@H]12)C1CCCC1. The Morgan fingerprint density at radius 3 is 2.50 bits per heavy atom. The van der Waals surface area contributed by atoms with Gasteiger partial charge in [0, 0.05) is 12.5 Å². The van der Waals surface area contributed by atoms with E-state index >= 15 is 0 Å². The smallest absolute Gasteiger partial charge is 0.256 e. The van der Waals surface area contributed by atoms with E-state index in [1.54, 1.807) is 11.0 Å². The van der Waals surface area contributed by atoms with Gasteiger partial charge in [-0.15, -0.1) is 0 Å². The van der Waals surface area contributed by atoms with E-state index in [1.807, 2.05) is 42.5 Å². The molecule has 2 N–H and O–H groups in total. The number of rotatable bonds is 3. The van der Waals surface area contributed by atoms with Crippen LogP contribution in [0.5, 0.6) is 0 Å². The van der Waals surface area contributed by atoms with Crippen LogP contribution in [-0.2, 0) is 9.59 Å². The average Bonchev–Trinajstić information content (AvgIpc) is 3.42. The van der Waals surface area contributed by atoms with Crippen molar-refractivity contribution >= 4 is 23.4 Å². The molecule has 0 spiro atoms. The third-order valence-corrected chi connectivity index (χ3v) is 6.60. The molecule has 2 atom stereocenters. The van der Waals surface area contributed by atoms with Crippen LogP contribution in [0.15, 0.2) is 48.5 Å². The molecule has 1 aliphatic carbocycles. The Bertz CT molecular complexity index is 998. The van der Waals surface area contributed by atoms with E-state index in [2.05, 4.69) is 10.6 Å². The third kappa shape index (κ3) is 3.26. The van der Waals surface area contributed by atoms with Crippen molar-refractivity contribution in [2.24, 2.45) is 5.92 Å². The normalized spacial score (nSPS) is 23.5.